The van der Waals surface area contributed by atoms with Crippen LogP contribution in [0.1, 0.15) is 69.2 Å². The molecular weight excluding hydrogens is 498 g/mol. The van der Waals surface area contributed by atoms with Gasteiger partial charge in [0.25, 0.3) is 5.69 Å². The number of nitrogens with zero attached hydrogens (tertiary/aromatic N) is 1. The molecule has 1 N–H and O–H groups in total. The number of ether oxygens (including phenoxy) is 1. The first-order valence-corrected chi connectivity index (χ1v) is 13.1. The summed E-state index contributed by atoms with van der Waals surface area (Å²) >= 11 is 6.02. The summed E-state index contributed by atoms with van der Waals surface area (Å²) in [5, 5.41) is 22.5. The number of nitro groups is 1. The van der Waals surface area contributed by atoms with Crippen LogP contribution in [-0.4, -0.2) is 39.8 Å². The van der Waals surface area contributed by atoms with Gasteiger partial charge in [-0.25, -0.2) is 4.79 Å². The highest BCUT2D eigenvalue weighted by molar-refractivity contribution is 6.33. The molecule has 8 nitrogen and oxygen atoms in total. The van der Waals surface area contributed by atoms with Crippen LogP contribution in [0.4, 0.5) is 5.69 Å². The number of ketones is 2. The third-order valence-electron chi connectivity index (χ3n) is 9.67. The lowest BCUT2D eigenvalue weighted by Crippen LogP contribution is -2.55. The number of hydrogen-bond donors (Lipinski definition) is 1. The Morgan fingerprint density at radius 2 is 1.97 bits per heavy atom. The second-order valence-electron chi connectivity index (χ2n) is 11.3. The van der Waals surface area contributed by atoms with Crippen molar-refractivity contribution in [2.24, 2.45) is 22.7 Å². The van der Waals surface area contributed by atoms with Crippen molar-refractivity contribution in [3.63, 3.8) is 0 Å². The molecule has 1 aromatic rings. The van der Waals surface area contributed by atoms with Gasteiger partial charge in [-0.3, -0.25) is 19.7 Å². The zero-order chi connectivity index (χ0) is 26.8. The number of Topliss-reactive ketones (excluding diaryl/α,β-unsaturated/α-hetero) is 1. The molecule has 0 unspecified atom stereocenters. The summed E-state index contributed by atoms with van der Waals surface area (Å²) in [4.78, 5) is 48.2. The number of benzene rings is 1. The summed E-state index contributed by atoms with van der Waals surface area (Å²) < 4.78 is 5.22. The minimum Gasteiger partial charge on any atom is -0.454 e. The zero-order valence-corrected chi connectivity index (χ0v) is 21.7. The van der Waals surface area contributed by atoms with Crippen molar-refractivity contribution < 1.29 is 29.2 Å². The molecule has 0 bridgehead atoms. The number of esters is 1. The maximum Gasteiger partial charge on any atom is 0.340 e. The van der Waals surface area contributed by atoms with Crippen LogP contribution in [0.5, 0.6) is 0 Å². The topological polar surface area (TPSA) is 124 Å². The Balaban J connectivity index is 1.34. The monoisotopic (exact) mass is 527 g/mol. The predicted molar refractivity (Wildman–Crippen MR) is 135 cm³/mol. The maximum atomic E-state index is 13.4. The van der Waals surface area contributed by atoms with Crippen molar-refractivity contribution in [1.82, 2.24) is 0 Å². The lowest BCUT2D eigenvalue weighted by Gasteiger charge is -2.54. The predicted octanol–water partition coefficient (Wildman–Crippen LogP) is 5.16. The number of hydrogen-bond acceptors (Lipinski definition) is 7. The Morgan fingerprint density at radius 3 is 2.68 bits per heavy atom. The second kappa shape index (κ2) is 8.88. The maximum absolute atomic E-state index is 13.4. The van der Waals surface area contributed by atoms with E-state index in [2.05, 4.69) is 13.0 Å². The minimum absolute atomic E-state index is 0.0851. The molecule has 2 fully saturated rings. The number of carbonyl (C=O) groups is 3. The molecule has 9 heteroatoms. The van der Waals surface area contributed by atoms with Gasteiger partial charge in [0.2, 0.25) is 5.78 Å². The fourth-order valence-corrected chi connectivity index (χ4v) is 7.69. The third kappa shape index (κ3) is 3.87. The smallest absolute Gasteiger partial charge is 0.340 e. The first-order valence-electron chi connectivity index (χ1n) is 12.7. The van der Waals surface area contributed by atoms with Crippen LogP contribution >= 0.6 is 11.6 Å². The van der Waals surface area contributed by atoms with Gasteiger partial charge in [0.15, 0.2) is 12.4 Å². The van der Waals surface area contributed by atoms with E-state index in [0.29, 0.717) is 25.7 Å². The molecule has 0 aliphatic heterocycles. The summed E-state index contributed by atoms with van der Waals surface area (Å²) in [7, 11) is 0. The van der Waals surface area contributed by atoms with Crippen molar-refractivity contribution in [1.29, 1.82) is 0 Å². The number of nitro benzene ring substituents is 1. The molecule has 196 valence electrons. The largest absolute Gasteiger partial charge is 0.454 e. The average Bonchev–Trinajstić information content (AvgIpc) is 3.14. The van der Waals surface area contributed by atoms with Crippen LogP contribution in [-0.2, 0) is 14.3 Å². The third-order valence-corrected chi connectivity index (χ3v) is 9.98. The molecule has 0 saturated heterocycles. The van der Waals surface area contributed by atoms with Crippen molar-refractivity contribution in [3.05, 3.63) is 62.2 Å². The molecule has 1 aromatic carbocycles. The van der Waals surface area contributed by atoms with E-state index in [1.54, 1.807) is 0 Å². The van der Waals surface area contributed by atoms with Crippen LogP contribution in [0, 0.1) is 32.8 Å². The van der Waals surface area contributed by atoms with Crippen molar-refractivity contribution in [3.8, 4) is 0 Å². The van der Waals surface area contributed by atoms with Gasteiger partial charge in [0, 0.05) is 29.4 Å². The van der Waals surface area contributed by atoms with Crippen molar-refractivity contribution in [2.75, 3.05) is 6.61 Å². The summed E-state index contributed by atoms with van der Waals surface area (Å²) in [6.45, 7) is 3.57. The van der Waals surface area contributed by atoms with Crippen LogP contribution in [0.3, 0.4) is 0 Å². The number of halogens is 1. The van der Waals surface area contributed by atoms with Gasteiger partial charge in [-0.15, -0.1) is 0 Å². The summed E-state index contributed by atoms with van der Waals surface area (Å²) in [5.74, 6) is -0.896. The Labute approximate surface area is 219 Å². The van der Waals surface area contributed by atoms with Crippen LogP contribution in [0.15, 0.2) is 41.5 Å². The van der Waals surface area contributed by atoms with E-state index in [4.69, 9.17) is 16.3 Å². The molecule has 4 aliphatic carbocycles. The van der Waals surface area contributed by atoms with Gasteiger partial charge in [-0.05, 0) is 62.5 Å². The SMILES string of the molecule is C[C@]12CCC(=O)C=C1CC[C@@H]1C2=CC[C@@]2(C)[C@H]1CC[C@]2(O)C(=O)COC(=O)c1ccc([N+](=O)[O-])cc1Cl. The number of rotatable bonds is 5. The molecule has 0 amide bonds. The molecule has 4 aliphatic rings. The van der Waals surface area contributed by atoms with E-state index < -0.39 is 34.3 Å². The van der Waals surface area contributed by atoms with Crippen LogP contribution in [0.2, 0.25) is 5.02 Å². The lowest BCUT2D eigenvalue weighted by molar-refractivity contribution is -0.384. The normalized spacial score (nSPS) is 34.4. The van der Waals surface area contributed by atoms with E-state index in [1.165, 1.54) is 17.2 Å². The molecule has 2 saturated carbocycles. The van der Waals surface area contributed by atoms with Gasteiger partial charge < -0.3 is 9.84 Å². The van der Waals surface area contributed by atoms with Gasteiger partial charge >= 0.3 is 5.97 Å². The first-order chi connectivity index (χ1) is 17.4. The summed E-state index contributed by atoms with van der Waals surface area (Å²) in [5.41, 5.74) is -0.274. The van der Waals surface area contributed by atoms with Crippen molar-refractivity contribution in [2.45, 2.75) is 64.4 Å². The van der Waals surface area contributed by atoms with Crippen molar-refractivity contribution >= 4 is 34.8 Å². The Kier molecular flexibility index (Phi) is 6.19. The number of aliphatic hydroxyl groups is 1. The Bertz CT molecular complexity index is 1290. The summed E-state index contributed by atoms with van der Waals surface area (Å²) in [6, 6.07) is 3.38. The second-order valence-corrected chi connectivity index (χ2v) is 11.7. The lowest BCUT2D eigenvalue weighted by atomic mass is 9.50. The van der Waals surface area contributed by atoms with E-state index in [1.807, 2.05) is 13.0 Å². The zero-order valence-electron chi connectivity index (χ0n) is 20.9. The number of carbonyl (C=O) groups excluding carboxylic acids is 3. The van der Waals surface area contributed by atoms with E-state index >= 15 is 0 Å². The van der Waals surface area contributed by atoms with E-state index in [-0.39, 0.29) is 39.3 Å². The van der Waals surface area contributed by atoms with Crippen LogP contribution in [0.25, 0.3) is 0 Å². The number of allylic oxidation sites excluding steroid dienone is 4. The van der Waals surface area contributed by atoms with Gasteiger partial charge in [-0.1, -0.05) is 42.7 Å². The Morgan fingerprint density at radius 1 is 1.22 bits per heavy atom. The van der Waals surface area contributed by atoms with Gasteiger partial charge in [-0.2, -0.15) is 0 Å². The standard InChI is InChI=1S/C28H30ClNO7/c1-26-10-7-18(31)13-16(26)3-5-19-21(26)8-11-27(2)22(19)9-12-28(27,34)24(32)15-37-25(33)20-6-4-17(30(35)36)14-23(20)29/h4,6,8,13-14,19,22,34H,3,5,7,9-12,15H2,1-2H3/t19-,22+,26+,27+,28+/m1/s1. The first kappa shape index (κ1) is 25.8. The highest BCUT2D eigenvalue weighted by Gasteiger charge is 2.64. The highest BCUT2D eigenvalue weighted by atomic mass is 35.5. The van der Waals surface area contributed by atoms with Gasteiger partial charge in [0.1, 0.15) is 5.60 Å². The molecule has 0 aromatic heterocycles. The minimum atomic E-state index is -1.64. The van der Waals surface area contributed by atoms with Gasteiger partial charge in [0.05, 0.1) is 15.5 Å². The molecule has 37 heavy (non-hydrogen) atoms. The highest BCUT2D eigenvalue weighted by Crippen LogP contribution is 2.65. The molecule has 0 radical (unpaired) electrons. The quantitative estimate of drug-likeness (QED) is 0.243. The number of non-ortho nitro benzene ring substituents is 1. The molecule has 0 heterocycles. The molecule has 5 atom stereocenters. The molecule has 5 rings (SSSR count). The Hall–Kier alpha value is -2.84. The molecular formula is C28H30ClNO7. The summed E-state index contributed by atoms with van der Waals surface area (Å²) in [6.07, 6.45) is 8.60. The van der Waals surface area contributed by atoms with E-state index in [9.17, 15) is 29.6 Å². The fourth-order valence-electron chi connectivity index (χ4n) is 7.44. The van der Waals surface area contributed by atoms with E-state index in [0.717, 1.165) is 31.4 Å². The fraction of sp³-hybridized carbons (Fsp3) is 0.536. The molecule has 0 spiro atoms. The average molecular weight is 528 g/mol. The number of fused-ring (bicyclic) bond motifs is 5. The van der Waals surface area contributed by atoms with Crippen LogP contribution < -0.4 is 0 Å².